The molecule has 0 aliphatic carbocycles. The summed E-state index contributed by atoms with van der Waals surface area (Å²) in [7, 11) is -0.591. The number of amides is 1. The van der Waals surface area contributed by atoms with E-state index in [2.05, 4.69) is 24.1 Å². The lowest BCUT2D eigenvalue weighted by molar-refractivity contribution is 0.0921. The average molecular weight is 368 g/mol. The zero-order chi connectivity index (χ0) is 18.6. The number of carbonyl (C=O) groups is 1. The first-order chi connectivity index (χ1) is 11.7. The summed E-state index contributed by atoms with van der Waals surface area (Å²) in [6.45, 7) is 7.07. The Morgan fingerprint density at radius 3 is 2.56 bits per heavy atom. The van der Waals surface area contributed by atoms with E-state index in [1.807, 2.05) is 0 Å². The summed E-state index contributed by atoms with van der Waals surface area (Å²) in [5, 5.41) is 2.93. The molecule has 1 saturated heterocycles. The van der Waals surface area contributed by atoms with Crippen LogP contribution in [-0.4, -0.2) is 63.3 Å². The molecule has 2 rings (SSSR count). The largest absolute Gasteiger partial charge is 0.350 e. The Kier molecular flexibility index (Phi) is 6.59. The van der Waals surface area contributed by atoms with Gasteiger partial charge in [-0.15, -0.1) is 0 Å². The summed E-state index contributed by atoms with van der Waals surface area (Å²) in [6, 6.07) is 6.43. The van der Waals surface area contributed by atoms with Gasteiger partial charge in [-0.1, -0.05) is 13.0 Å². The highest BCUT2D eigenvalue weighted by atomic mass is 32.2. The van der Waals surface area contributed by atoms with Crippen LogP contribution in [0.2, 0.25) is 0 Å². The van der Waals surface area contributed by atoms with E-state index in [0.29, 0.717) is 12.1 Å². The normalized spacial score (nSPS) is 18.3. The van der Waals surface area contributed by atoms with Gasteiger partial charge in [-0.2, -0.15) is 0 Å². The Bertz CT molecular complexity index is 695. The molecule has 1 amide bonds. The topological polar surface area (TPSA) is 69.7 Å². The van der Waals surface area contributed by atoms with Crippen LogP contribution in [0.25, 0.3) is 0 Å². The van der Waals surface area contributed by atoms with E-state index in [9.17, 15) is 13.2 Å². The van der Waals surface area contributed by atoms with Crippen molar-refractivity contribution in [2.75, 3.05) is 33.7 Å². The molecule has 0 saturated carbocycles. The number of nitrogens with zero attached hydrogens (tertiary/aromatic N) is 2. The molecule has 0 spiro atoms. The van der Waals surface area contributed by atoms with Crippen LogP contribution in [0.5, 0.6) is 0 Å². The molecule has 6 nitrogen and oxygen atoms in total. The summed E-state index contributed by atoms with van der Waals surface area (Å²) in [5.41, 5.74) is 0.363. The SMILES string of the molecule is CC1CCN(C(C)CNC(=O)c2cccc(S(=O)(=O)N(C)C)c2)CC1. The third-order valence-corrected chi connectivity index (χ3v) is 6.69. The second-order valence-corrected chi connectivity index (χ2v) is 9.24. The Balaban J connectivity index is 1.97. The monoisotopic (exact) mass is 367 g/mol. The van der Waals surface area contributed by atoms with Gasteiger partial charge < -0.3 is 5.32 Å². The molecule has 140 valence electrons. The molecule has 1 N–H and O–H groups in total. The number of nitrogens with one attached hydrogen (secondary N) is 1. The fourth-order valence-electron chi connectivity index (χ4n) is 2.95. The average Bonchev–Trinajstić information content (AvgIpc) is 2.60. The second-order valence-electron chi connectivity index (χ2n) is 7.09. The minimum absolute atomic E-state index is 0.128. The fraction of sp³-hybridized carbons (Fsp3) is 0.611. The Morgan fingerprint density at radius 1 is 1.32 bits per heavy atom. The number of rotatable bonds is 6. The van der Waals surface area contributed by atoms with Crippen molar-refractivity contribution in [1.29, 1.82) is 0 Å². The summed E-state index contributed by atoms with van der Waals surface area (Å²) in [6.07, 6.45) is 2.39. The van der Waals surface area contributed by atoms with Crippen molar-refractivity contribution >= 4 is 15.9 Å². The van der Waals surface area contributed by atoms with Gasteiger partial charge in [0.2, 0.25) is 10.0 Å². The first kappa shape index (κ1) is 19.9. The van der Waals surface area contributed by atoms with Crippen LogP contribution in [0.1, 0.15) is 37.0 Å². The van der Waals surface area contributed by atoms with Crippen molar-refractivity contribution in [2.45, 2.75) is 37.6 Å². The van der Waals surface area contributed by atoms with Crippen molar-refractivity contribution < 1.29 is 13.2 Å². The molecule has 0 radical (unpaired) electrons. The van der Waals surface area contributed by atoms with Crippen molar-refractivity contribution in [3.63, 3.8) is 0 Å². The van der Waals surface area contributed by atoms with E-state index < -0.39 is 10.0 Å². The maximum absolute atomic E-state index is 12.4. The van der Waals surface area contributed by atoms with Gasteiger partial charge >= 0.3 is 0 Å². The first-order valence-electron chi connectivity index (χ1n) is 8.76. The van der Waals surface area contributed by atoms with Crippen molar-refractivity contribution in [3.8, 4) is 0 Å². The minimum atomic E-state index is -3.54. The molecule has 1 fully saturated rings. The number of sulfonamides is 1. The van der Waals surface area contributed by atoms with E-state index in [-0.39, 0.29) is 16.8 Å². The molecular formula is C18H29N3O3S. The van der Waals surface area contributed by atoms with Gasteiger partial charge in [0.05, 0.1) is 4.90 Å². The highest BCUT2D eigenvalue weighted by molar-refractivity contribution is 7.89. The molecule has 1 aliphatic heterocycles. The molecule has 1 unspecified atom stereocenters. The molecule has 0 aromatic heterocycles. The zero-order valence-corrected chi connectivity index (χ0v) is 16.3. The molecule has 1 aromatic rings. The molecule has 1 atom stereocenters. The summed E-state index contributed by atoms with van der Waals surface area (Å²) in [4.78, 5) is 14.9. The number of hydrogen-bond acceptors (Lipinski definition) is 4. The second kappa shape index (κ2) is 8.29. The van der Waals surface area contributed by atoms with E-state index in [1.165, 1.54) is 39.1 Å². The van der Waals surface area contributed by atoms with E-state index in [0.717, 1.165) is 23.3 Å². The lowest BCUT2D eigenvalue weighted by Crippen LogP contribution is -2.45. The molecule has 1 aromatic carbocycles. The zero-order valence-electron chi connectivity index (χ0n) is 15.5. The van der Waals surface area contributed by atoms with Crippen LogP contribution >= 0.6 is 0 Å². The lowest BCUT2D eigenvalue weighted by Gasteiger charge is -2.35. The molecule has 7 heteroatoms. The van der Waals surface area contributed by atoms with Gasteiger partial charge in [-0.3, -0.25) is 9.69 Å². The predicted molar refractivity (Wildman–Crippen MR) is 99.1 cm³/mol. The van der Waals surface area contributed by atoms with Crippen molar-refractivity contribution in [2.24, 2.45) is 5.92 Å². The number of likely N-dealkylation sites (tertiary alicyclic amines) is 1. The molecule has 1 aliphatic rings. The number of carbonyl (C=O) groups excluding carboxylic acids is 1. The third-order valence-electron chi connectivity index (χ3n) is 4.87. The smallest absolute Gasteiger partial charge is 0.251 e. The Morgan fingerprint density at radius 2 is 1.96 bits per heavy atom. The quantitative estimate of drug-likeness (QED) is 0.832. The van der Waals surface area contributed by atoms with Gasteiger partial charge in [0.15, 0.2) is 0 Å². The Hall–Kier alpha value is -1.44. The van der Waals surface area contributed by atoms with Crippen molar-refractivity contribution in [1.82, 2.24) is 14.5 Å². The van der Waals surface area contributed by atoms with Gasteiger partial charge in [0.25, 0.3) is 5.91 Å². The maximum atomic E-state index is 12.4. The summed E-state index contributed by atoms with van der Waals surface area (Å²) >= 11 is 0. The lowest BCUT2D eigenvalue weighted by atomic mass is 9.98. The van der Waals surface area contributed by atoms with Crippen LogP contribution in [-0.2, 0) is 10.0 Å². The van der Waals surface area contributed by atoms with Gasteiger partial charge in [-0.05, 0) is 57.0 Å². The fourth-order valence-corrected chi connectivity index (χ4v) is 3.90. The van der Waals surface area contributed by atoms with Gasteiger partial charge in [-0.25, -0.2) is 12.7 Å². The molecule has 0 bridgehead atoms. The van der Waals surface area contributed by atoms with Crippen LogP contribution in [0.15, 0.2) is 29.2 Å². The number of hydrogen-bond donors (Lipinski definition) is 1. The molecular weight excluding hydrogens is 338 g/mol. The molecule has 25 heavy (non-hydrogen) atoms. The predicted octanol–water partition coefficient (Wildman–Crippen LogP) is 1.79. The van der Waals surface area contributed by atoms with Gasteiger partial charge in [0, 0.05) is 32.2 Å². The summed E-state index contributed by atoms with van der Waals surface area (Å²) < 4.78 is 25.5. The maximum Gasteiger partial charge on any atom is 0.251 e. The van der Waals surface area contributed by atoms with Crippen LogP contribution in [0, 0.1) is 5.92 Å². The first-order valence-corrected chi connectivity index (χ1v) is 10.2. The highest BCUT2D eigenvalue weighted by Crippen LogP contribution is 2.18. The van der Waals surface area contributed by atoms with E-state index >= 15 is 0 Å². The van der Waals surface area contributed by atoms with Crippen molar-refractivity contribution in [3.05, 3.63) is 29.8 Å². The highest BCUT2D eigenvalue weighted by Gasteiger charge is 2.22. The van der Waals surface area contributed by atoms with Crippen LogP contribution < -0.4 is 5.32 Å². The number of benzene rings is 1. The van der Waals surface area contributed by atoms with Crippen LogP contribution in [0.3, 0.4) is 0 Å². The Labute approximate surface area is 151 Å². The molecule has 1 heterocycles. The third kappa shape index (κ3) is 5.03. The standard InChI is InChI=1S/C18H29N3O3S/c1-14-8-10-21(11-9-14)15(2)13-19-18(22)16-6-5-7-17(12-16)25(23,24)20(3)4/h5-7,12,14-15H,8-11,13H2,1-4H3,(H,19,22). The number of piperidine rings is 1. The van der Waals surface area contributed by atoms with E-state index in [1.54, 1.807) is 12.1 Å². The summed E-state index contributed by atoms with van der Waals surface area (Å²) in [5.74, 6) is 0.535. The van der Waals surface area contributed by atoms with E-state index in [4.69, 9.17) is 0 Å². The van der Waals surface area contributed by atoms with Gasteiger partial charge in [0.1, 0.15) is 0 Å². The minimum Gasteiger partial charge on any atom is -0.350 e. The van der Waals surface area contributed by atoms with Crippen LogP contribution in [0.4, 0.5) is 0 Å².